The fourth-order valence-electron chi connectivity index (χ4n) is 6.83. The van der Waals surface area contributed by atoms with Crippen molar-refractivity contribution in [3.05, 3.63) is 61.2 Å². The number of ether oxygens (including phenoxy) is 1. The normalized spacial score (nSPS) is 30.1. The van der Waals surface area contributed by atoms with Crippen LogP contribution in [0.3, 0.4) is 0 Å². The van der Waals surface area contributed by atoms with Gasteiger partial charge in [0.05, 0.1) is 35.8 Å². The first-order chi connectivity index (χ1) is 18.5. The zero-order valence-electron chi connectivity index (χ0n) is 23.6. The van der Waals surface area contributed by atoms with Crippen LogP contribution < -0.4 is 0 Å². The summed E-state index contributed by atoms with van der Waals surface area (Å²) in [5.41, 5.74) is 0.230. The van der Waals surface area contributed by atoms with E-state index in [4.69, 9.17) is 4.74 Å². The summed E-state index contributed by atoms with van der Waals surface area (Å²) in [6.07, 6.45) is 6.24. The van der Waals surface area contributed by atoms with Gasteiger partial charge in [0.2, 0.25) is 11.8 Å². The summed E-state index contributed by atoms with van der Waals surface area (Å²) < 4.78 is 4.41. The summed E-state index contributed by atoms with van der Waals surface area (Å²) >= 11 is 1.61. The van der Waals surface area contributed by atoms with Gasteiger partial charge in [-0.15, -0.1) is 24.9 Å². The van der Waals surface area contributed by atoms with Crippen LogP contribution in [0.1, 0.15) is 65.0 Å². The number of benzene rings is 1. The molecule has 6 atom stereocenters. The Balaban J connectivity index is 1.82. The molecule has 2 bridgehead atoms. The summed E-state index contributed by atoms with van der Waals surface area (Å²) in [5.74, 6) is -2.17. The van der Waals surface area contributed by atoms with Crippen molar-refractivity contribution in [3.8, 4) is 0 Å². The summed E-state index contributed by atoms with van der Waals surface area (Å²) in [6.45, 7) is 15.8. The highest BCUT2D eigenvalue weighted by atomic mass is 32.2. The molecule has 1 spiro atoms. The number of rotatable bonds is 11. The molecule has 2 unspecified atom stereocenters. The first-order valence-electron chi connectivity index (χ1n) is 13.8. The first kappa shape index (κ1) is 29.4. The van der Waals surface area contributed by atoms with E-state index in [1.165, 1.54) is 0 Å². The molecular weight excluding hydrogens is 512 g/mol. The average molecular weight is 555 g/mol. The molecule has 3 aliphatic heterocycles. The lowest BCUT2D eigenvalue weighted by molar-refractivity contribution is -0.156. The standard InChI is InChI=1S/C31H42N2O5S/c1-7-9-13-19-38-28(37)24-23-26(35)33(22(20-34)21-14-11-10-12-15-21)25(31(23)17-16-30(24,6)39-31)27(36)32(18-8-2)29(3,4)5/h7-8,10-12,14-15,22-25,34H,1-2,9,13,16-20H2,3-6H3/t22-,23+,24-,25?,30+,31?/m1/s1. The fourth-order valence-corrected chi connectivity index (χ4v) is 9.15. The molecule has 212 valence electrons. The Morgan fingerprint density at radius 3 is 2.51 bits per heavy atom. The number of unbranched alkanes of at least 4 members (excludes halogenated alkanes) is 1. The van der Waals surface area contributed by atoms with Crippen molar-refractivity contribution in [2.45, 2.75) is 80.5 Å². The van der Waals surface area contributed by atoms with E-state index < -0.39 is 39.0 Å². The van der Waals surface area contributed by atoms with Crippen LogP contribution in [0, 0.1) is 11.8 Å². The third kappa shape index (κ3) is 4.95. The number of carbonyl (C=O) groups excluding carboxylic acids is 3. The number of allylic oxidation sites excluding steroid dienone is 1. The third-order valence-electron chi connectivity index (χ3n) is 8.58. The van der Waals surface area contributed by atoms with Crippen LogP contribution in [-0.4, -0.2) is 73.5 Å². The van der Waals surface area contributed by atoms with E-state index in [0.717, 1.165) is 12.0 Å². The maximum absolute atomic E-state index is 14.6. The van der Waals surface area contributed by atoms with Crippen molar-refractivity contribution in [3.63, 3.8) is 0 Å². The highest BCUT2D eigenvalue weighted by molar-refractivity contribution is 8.02. The molecule has 1 aromatic rings. The van der Waals surface area contributed by atoms with Crippen molar-refractivity contribution in [2.75, 3.05) is 19.8 Å². The van der Waals surface area contributed by atoms with Crippen LogP contribution in [0.4, 0.5) is 0 Å². The molecule has 3 aliphatic rings. The molecule has 1 N–H and O–H groups in total. The number of thioether (sulfide) groups is 1. The maximum Gasteiger partial charge on any atom is 0.311 e. The number of hydrogen-bond acceptors (Lipinski definition) is 6. The van der Waals surface area contributed by atoms with E-state index in [1.807, 2.05) is 58.0 Å². The predicted molar refractivity (Wildman–Crippen MR) is 154 cm³/mol. The maximum atomic E-state index is 14.6. The molecule has 3 fully saturated rings. The Labute approximate surface area is 236 Å². The number of aliphatic hydroxyl groups is 1. The summed E-state index contributed by atoms with van der Waals surface area (Å²) in [4.78, 5) is 46.1. The Kier molecular flexibility index (Phi) is 8.39. The predicted octanol–water partition coefficient (Wildman–Crippen LogP) is 4.52. The number of aliphatic hydroxyl groups excluding tert-OH is 1. The number of likely N-dealkylation sites (tertiary alicyclic amines) is 1. The van der Waals surface area contributed by atoms with E-state index >= 15 is 0 Å². The van der Waals surface area contributed by atoms with Gasteiger partial charge in [0.1, 0.15) is 6.04 Å². The lowest BCUT2D eigenvalue weighted by atomic mass is 9.66. The van der Waals surface area contributed by atoms with Crippen LogP contribution in [0.5, 0.6) is 0 Å². The van der Waals surface area contributed by atoms with E-state index in [-0.39, 0.29) is 31.0 Å². The number of nitrogens with zero attached hydrogens (tertiary/aromatic N) is 2. The topological polar surface area (TPSA) is 87.1 Å². The summed E-state index contributed by atoms with van der Waals surface area (Å²) in [6, 6.07) is 7.78. The molecule has 39 heavy (non-hydrogen) atoms. The van der Waals surface area contributed by atoms with Gasteiger partial charge in [-0.3, -0.25) is 14.4 Å². The highest BCUT2D eigenvalue weighted by Gasteiger charge is 2.78. The number of esters is 1. The zero-order chi connectivity index (χ0) is 28.6. The van der Waals surface area contributed by atoms with E-state index in [9.17, 15) is 19.5 Å². The van der Waals surface area contributed by atoms with Crippen LogP contribution in [0.15, 0.2) is 55.6 Å². The fraction of sp³-hybridized carbons (Fsp3) is 0.581. The molecular formula is C31H42N2O5S. The van der Waals surface area contributed by atoms with E-state index in [1.54, 1.807) is 33.7 Å². The van der Waals surface area contributed by atoms with Crippen molar-refractivity contribution < 1.29 is 24.2 Å². The molecule has 4 rings (SSSR count). The zero-order valence-corrected chi connectivity index (χ0v) is 24.4. The van der Waals surface area contributed by atoms with Gasteiger partial charge in [0, 0.05) is 16.8 Å². The number of hydrogen-bond donors (Lipinski definition) is 1. The molecule has 7 nitrogen and oxygen atoms in total. The lowest BCUT2D eigenvalue weighted by Gasteiger charge is -2.43. The molecule has 8 heteroatoms. The number of carbonyl (C=O) groups is 3. The number of amides is 2. The molecule has 3 saturated heterocycles. The highest BCUT2D eigenvalue weighted by Crippen LogP contribution is 2.72. The van der Waals surface area contributed by atoms with Gasteiger partial charge >= 0.3 is 5.97 Å². The van der Waals surface area contributed by atoms with Gasteiger partial charge in [-0.1, -0.05) is 42.5 Å². The first-order valence-corrected chi connectivity index (χ1v) is 14.7. The van der Waals surface area contributed by atoms with Gasteiger partial charge in [-0.25, -0.2) is 0 Å². The van der Waals surface area contributed by atoms with Crippen molar-refractivity contribution in [1.29, 1.82) is 0 Å². The van der Waals surface area contributed by atoms with Crippen molar-refractivity contribution in [1.82, 2.24) is 9.80 Å². The Bertz CT molecular complexity index is 1120. The Morgan fingerprint density at radius 1 is 1.23 bits per heavy atom. The molecule has 0 aromatic heterocycles. The van der Waals surface area contributed by atoms with Crippen molar-refractivity contribution >= 4 is 29.5 Å². The second-order valence-electron chi connectivity index (χ2n) is 12.1. The third-order valence-corrected chi connectivity index (χ3v) is 10.6. The average Bonchev–Trinajstić information content (AvgIpc) is 3.46. The van der Waals surface area contributed by atoms with Crippen LogP contribution >= 0.6 is 11.8 Å². The summed E-state index contributed by atoms with van der Waals surface area (Å²) in [5, 5.41) is 10.6. The smallest absolute Gasteiger partial charge is 0.311 e. The van der Waals surface area contributed by atoms with Crippen LogP contribution in [0.2, 0.25) is 0 Å². The molecule has 2 amide bonds. The Morgan fingerprint density at radius 2 is 1.92 bits per heavy atom. The largest absolute Gasteiger partial charge is 0.465 e. The lowest BCUT2D eigenvalue weighted by Crippen LogP contribution is -2.59. The minimum atomic E-state index is -0.836. The van der Waals surface area contributed by atoms with Crippen molar-refractivity contribution in [2.24, 2.45) is 11.8 Å². The van der Waals surface area contributed by atoms with E-state index in [2.05, 4.69) is 13.2 Å². The van der Waals surface area contributed by atoms with Gasteiger partial charge in [0.15, 0.2) is 0 Å². The van der Waals surface area contributed by atoms with Gasteiger partial charge in [0.25, 0.3) is 0 Å². The van der Waals surface area contributed by atoms with Crippen LogP contribution in [0.25, 0.3) is 0 Å². The molecule has 0 radical (unpaired) electrons. The monoisotopic (exact) mass is 554 g/mol. The Hall–Kier alpha value is -2.58. The van der Waals surface area contributed by atoms with Gasteiger partial charge < -0.3 is 19.6 Å². The second-order valence-corrected chi connectivity index (χ2v) is 14.0. The molecule has 0 saturated carbocycles. The molecule has 3 heterocycles. The SMILES string of the molecule is C=CCCCOC(=O)[C@H]1[C@H]2C(=O)N([C@H](CO)c3ccccc3)C(C(=O)N(CC=C)C(C)(C)C)C23CC[C@]1(C)S3. The van der Waals surface area contributed by atoms with E-state index in [0.29, 0.717) is 25.8 Å². The minimum absolute atomic E-state index is 0.176. The molecule has 1 aromatic carbocycles. The quantitative estimate of drug-likeness (QED) is 0.246. The second kappa shape index (κ2) is 11.1. The van der Waals surface area contributed by atoms with Gasteiger partial charge in [-0.05, 0) is 58.9 Å². The minimum Gasteiger partial charge on any atom is -0.465 e. The summed E-state index contributed by atoms with van der Waals surface area (Å²) in [7, 11) is 0. The number of fused-ring (bicyclic) bond motifs is 1. The van der Waals surface area contributed by atoms with Gasteiger partial charge in [-0.2, -0.15) is 0 Å². The molecule has 0 aliphatic carbocycles. The van der Waals surface area contributed by atoms with Crippen LogP contribution in [-0.2, 0) is 19.1 Å².